The molecule has 0 spiro atoms. The molecule has 1 rings (SSSR count). The van der Waals surface area contributed by atoms with Gasteiger partial charge in [-0.05, 0) is 22.4 Å². The predicted molar refractivity (Wildman–Crippen MR) is 56.0 cm³/mol. The Kier molecular flexibility index (Phi) is 4.58. The van der Waals surface area contributed by atoms with Crippen LogP contribution < -0.4 is 11.1 Å². The van der Waals surface area contributed by atoms with E-state index in [4.69, 9.17) is 10.5 Å². The minimum absolute atomic E-state index is 0.166. The molecule has 0 bridgehead atoms. The number of carbonyl (C=O) groups is 1. The second-order valence-corrected chi connectivity index (χ2v) is 3.59. The van der Waals surface area contributed by atoms with Crippen LogP contribution in [0.5, 0.6) is 0 Å². The molecule has 0 aromatic carbocycles. The summed E-state index contributed by atoms with van der Waals surface area (Å²) in [6.45, 7) is 0.730. The first kappa shape index (κ1) is 11.2. The third kappa shape index (κ3) is 3.10. The Labute approximate surface area is 87.1 Å². The van der Waals surface area contributed by atoms with Gasteiger partial charge in [0.25, 0.3) is 5.91 Å². The molecule has 14 heavy (non-hydrogen) atoms. The fourth-order valence-corrected chi connectivity index (χ4v) is 1.68. The van der Waals surface area contributed by atoms with Gasteiger partial charge in [-0.15, -0.1) is 0 Å². The van der Waals surface area contributed by atoms with Gasteiger partial charge in [0, 0.05) is 20.2 Å². The maximum atomic E-state index is 11.4. The molecule has 0 radical (unpaired) electrons. The first-order valence-electron chi connectivity index (χ1n) is 4.29. The van der Waals surface area contributed by atoms with Crippen LogP contribution in [0.4, 0.5) is 0 Å². The van der Waals surface area contributed by atoms with Gasteiger partial charge in [-0.2, -0.15) is 11.3 Å². The molecule has 0 saturated carbocycles. The minimum Gasteiger partial charge on any atom is -0.370 e. The van der Waals surface area contributed by atoms with Crippen LogP contribution in [0.2, 0.25) is 0 Å². The number of amides is 1. The predicted octanol–water partition coefficient (Wildman–Crippen LogP) is 0.338. The van der Waals surface area contributed by atoms with Crippen molar-refractivity contribution >= 4 is 17.2 Å². The quantitative estimate of drug-likeness (QED) is 0.742. The highest BCUT2D eigenvalue weighted by Crippen LogP contribution is 2.04. The van der Waals surface area contributed by atoms with Crippen LogP contribution in [0, 0.1) is 0 Å². The molecule has 1 aromatic heterocycles. The van der Waals surface area contributed by atoms with Gasteiger partial charge in [-0.25, -0.2) is 0 Å². The number of methoxy groups -OCH3 is 1. The van der Waals surface area contributed by atoms with E-state index in [-0.39, 0.29) is 12.5 Å². The Morgan fingerprint density at radius 1 is 1.79 bits per heavy atom. The lowest BCUT2D eigenvalue weighted by Crippen LogP contribution is -2.40. The monoisotopic (exact) mass is 214 g/mol. The van der Waals surface area contributed by atoms with E-state index < -0.39 is 6.10 Å². The molecule has 1 aromatic rings. The molecule has 0 aliphatic heterocycles. The van der Waals surface area contributed by atoms with Gasteiger partial charge >= 0.3 is 0 Å². The summed E-state index contributed by atoms with van der Waals surface area (Å²) < 4.78 is 4.90. The third-order valence-electron chi connectivity index (χ3n) is 1.84. The minimum atomic E-state index is -0.548. The number of rotatable bonds is 5. The van der Waals surface area contributed by atoms with Crippen LogP contribution in [0.25, 0.3) is 0 Å². The largest absolute Gasteiger partial charge is 0.370 e. The molecular weight excluding hydrogens is 200 g/mol. The smallest absolute Gasteiger partial charge is 0.250 e. The van der Waals surface area contributed by atoms with Crippen LogP contribution in [-0.2, 0) is 16.1 Å². The highest BCUT2D eigenvalue weighted by molar-refractivity contribution is 7.07. The number of nitrogens with one attached hydrogen (secondary N) is 1. The first-order chi connectivity index (χ1) is 6.77. The molecule has 5 heteroatoms. The zero-order valence-corrected chi connectivity index (χ0v) is 8.84. The Balaban J connectivity index is 2.34. The standard InChI is InChI=1S/C9H14N2O2S/c1-13-8(4-10)9(12)11-5-7-2-3-14-6-7/h2-3,6,8H,4-5,10H2,1H3,(H,11,12). The maximum absolute atomic E-state index is 11.4. The number of nitrogens with two attached hydrogens (primary N) is 1. The maximum Gasteiger partial charge on any atom is 0.250 e. The summed E-state index contributed by atoms with van der Waals surface area (Å²) in [7, 11) is 1.47. The first-order valence-corrected chi connectivity index (χ1v) is 5.24. The zero-order valence-electron chi connectivity index (χ0n) is 8.03. The van der Waals surface area contributed by atoms with Crippen molar-refractivity contribution in [2.24, 2.45) is 5.73 Å². The normalized spacial score (nSPS) is 12.4. The van der Waals surface area contributed by atoms with Crippen LogP contribution >= 0.6 is 11.3 Å². The molecular formula is C9H14N2O2S. The van der Waals surface area contributed by atoms with Gasteiger partial charge in [-0.3, -0.25) is 4.79 Å². The molecule has 0 saturated heterocycles. The van der Waals surface area contributed by atoms with E-state index in [9.17, 15) is 4.79 Å². The molecule has 0 aliphatic carbocycles. The summed E-state index contributed by atoms with van der Waals surface area (Å²) in [5.41, 5.74) is 6.44. The summed E-state index contributed by atoms with van der Waals surface area (Å²) in [6.07, 6.45) is -0.548. The van der Waals surface area contributed by atoms with Crippen LogP contribution in [0.1, 0.15) is 5.56 Å². The molecule has 78 valence electrons. The van der Waals surface area contributed by atoms with Crippen molar-refractivity contribution in [3.05, 3.63) is 22.4 Å². The summed E-state index contributed by atoms with van der Waals surface area (Å²) >= 11 is 1.60. The zero-order chi connectivity index (χ0) is 10.4. The van der Waals surface area contributed by atoms with Crippen molar-refractivity contribution in [2.75, 3.05) is 13.7 Å². The molecule has 1 atom stereocenters. The van der Waals surface area contributed by atoms with E-state index in [1.807, 2.05) is 16.8 Å². The van der Waals surface area contributed by atoms with E-state index in [2.05, 4.69) is 5.32 Å². The number of ether oxygens (including phenoxy) is 1. The van der Waals surface area contributed by atoms with E-state index >= 15 is 0 Å². The second kappa shape index (κ2) is 5.74. The van der Waals surface area contributed by atoms with E-state index in [1.54, 1.807) is 11.3 Å². The van der Waals surface area contributed by atoms with Crippen molar-refractivity contribution < 1.29 is 9.53 Å². The summed E-state index contributed by atoms with van der Waals surface area (Å²) in [4.78, 5) is 11.4. The lowest BCUT2D eigenvalue weighted by molar-refractivity contribution is -0.130. The Morgan fingerprint density at radius 2 is 2.57 bits per heavy atom. The fourth-order valence-electron chi connectivity index (χ4n) is 1.01. The molecule has 3 N–H and O–H groups in total. The van der Waals surface area contributed by atoms with Gasteiger partial charge < -0.3 is 15.8 Å². The molecule has 0 aliphatic rings. The van der Waals surface area contributed by atoms with Crippen molar-refractivity contribution in [3.63, 3.8) is 0 Å². The molecule has 0 fully saturated rings. The summed E-state index contributed by atoms with van der Waals surface area (Å²) in [6, 6.07) is 1.97. The van der Waals surface area contributed by atoms with Crippen molar-refractivity contribution in [1.82, 2.24) is 5.32 Å². The number of hydrogen-bond donors (Lipinski definition) is 2. The molecule has 1 amide bonds. The Morgan fingerprint density at radius 3 is 3.07 bits per heavy atom. The number of thiophene rings is 1. The molecule has 1 heterocycles. The third-order valence-corrected chi connectivity index (χ3v) is 2.57. The molecule has 1 unspecified atom stereocenters. The van der Waals surface area contributed by atoms with Crippen LogP contribution in [0.3, 0.4) is 0 Å². The number of hydrogen-bond acceptors (Lipinski definition) is 4. The van der Waals surface area contributed by atoms with Gasteiger partial charge in [0.15, 0.2) is 0 Å². The van der Waals surface area contributed by atoms with Crippen LogP contribution in [0.15, 0.2) is 16.8 Å². The summed E-state index contributed by atoms with van der Waals surface area (Å²) in [5, 5.41) is 6.71. The lowest BCUT2D eigenvalue weighted by atomic mass is 10.3. The second-order valence-electron chi connectivity index (χ2n) is 2.81. The van der Waals surface area contributed by atoms with Gasteiger partial charge in [0.05, 0.1) is 0 Å². The molecule has 4 nitrogen and oxygen atoms in total. The van der Waals surface area contributed by atoms with E-state index in [0.29, 0.717) is 6.54 Å². The topological polar surface area (TPSA) is 64.3 Å². The van der Waals surface area contributed by atoms with Gasteiger partial charge in [-0.1, -0.05) is 0 Å². The average Bonchev–Trinajstić information content (AvgIpc) is 2.69. The van der Waals surface area contributed by atoms with Gasteiger partial charge in [0.1, 0.15) is 6.10 Å². The highest BCUT2D eigenvalue weighted by atomic mass is 32.1. The Bertz CT molecular complexity index is 270. The summed E-state index contributed by atoms with van der Waals surface area (Å²) in [5.74, 6) is -0.166. The SMILES string of the molecule is COC(CN)C(=O)NCc1ccsc1. The van der Waals surface area contributed by atoms with Crippen molar-refractivity contribution in [1.29, 1.82) is 0 Å². The van der Waals surface area contributed by atoms with Gasteiger partial charge in [0.2, 0.25) is 0 Å². The average molecular weight is 214 g/mol. The van der Waals surface area contributed by atoms with Crippen molar-refractivity contribution in [2.45, 2.75) is 12.6 Å². The fraction of sp³-hybridized carbons (Fsp3) is 0.444. The van der Waals surface area contributed by atoms with E-state index in [0.717, 1.165) is 5.56 Å². The highest BCUT2D eigenvalue weighted by Gasteiger charge is 2.14. The lowest BCUT2D eigenvalue weighted by Gasteiger charge is -2.12. The van der Waals surface area contributed by atoms with Crippen LogP contribution in [-0.4, -0.2) is 25.7 Å². The Hall–Kier alpha value is -0.910. The van der Waals surface area contributed by atoms with E-state index in [1.165, 1.54) is 7.11 Å². The van der Waals surface area contributed by atoms with Crippen molar-refractivity contribution in [3.8, 4) is 0 Å². The number of carbonyl (C=O) groups excluding carboxylic acids is 1.